The van der Waals surface area contributed by atoms with E-state index in [9.17, 15) is 21.6 Å². The number of halogens is 3. The number of hydrogen-bond acceptors (Lipinski definition) is 3. The Morgan fingerprint density at radius 2 is 2.07 bits per heavy atom. The number of nitrogens with two attached hydrogens (primary N) is 1. The number of hydrogen-bond donors (Lipinski definition) is 1. The molecule has 1 aromatic rings. The minimum absolute atomic E-state index is 0.107. The third kappa shape index (κ3) is 3.20. The van der Waals surface area contributed by atoms with Gasteiger partial charge in [0.2, 0.25) is 10.0 Å². The molecule has 0 amide bonds. The smallest absolute Gasteiger partial charge is 0.271 e. The van der Waals surface area contributed by atoms with Gasteiger partial charge in [-0.05, 0) is 6.07 Å². The molecule has 0 fully saturated rings. The summed E-state index contributed by atoms with van der Waals surface area (Å²) in [5.41, 5.74) is -1.24. The lowest BCUT2D eigenvalue weighted by Gasteiger charge is -1.99. The second-order valence-corrected chi connectivity index (χ2v) is 4.56. The van der Waals surface area contributed by atoms with Gasteiger partial charge in [-0.3, -0.25) is 4.68 Å². The summed E-state index contributed by atoms with van der Waals surface area (Å²) >= 11 is 0. The van der Waals surface area contributed by atoms with Crippen LogP contribution in [0.15, 0.2) is 6.07 Å². The second kappa shape index (κ2) is 3.49. The lowest BCUT2D eigenvalue weighted by Crippen LogP contribution is -2.16. The Morgan fingerprint density at radius 1 is 1.53 bits per heavy atom. The van der Waals surface area contributed by atoms with Crippen LogP contribution >= 0.6 is 0 Å². The summed E-state index contributed by atoms with van der Waals surface area (Å²) in [7, 11) is -2.64. The highest BCUT2D eigenvalue weighted by molar-refractivity contribution is 7.88. The minimum Gasteiger partial charge on any atom is -0.271 e. The SMILES string of the molecule is Cn1nc(C(F)(F)F)cc1CS(N)(=O)=O. The highest BCUT2D eigenvalue weighted by Gasteiger charge is 2.34. The first-order valence-corrected chi connectivity index (χ1v) is 5.42. The van der Waals surface area contributed by atoms with E-state index in [2.05, 4.69) is 5.10 Å². The van der Waals surface area contributed by atoms with Gasteiger partial charge >= 0.3 is 6.18 Å². The summed E-state index contributed by atoms with van der Waals surface area (Å²) in [5.74, 6) is -0.674. The molecule has 0 aliphatic carbocycles. The predicted molar refractivity (Wildman–Crippen MR) is 45.0 cm³/mol. The average molecular weight is 243 g/mol. The molecule has 0 atom stereocenters. The molecular formula is C6H8F3N3O2S. The zero-order valence-electron chi connectivity index (χ0n) is 7.61. The van der Waals surface area contributed by atoms with Crippen molar-refractivity contribution in [1.82, 2.24) is 9.78 Å². The van der Waals surface area contributed by atoms with Crippen molar-refractivity contribution >= 4 is 10.0 Å². The molecule has 1 heterocycles. The van der Waals surface area contributed by atoms with Gasteiger partial charge in [0.25, 0.3) is 0 Å². The molecule has 0 aliphatic rings. The molecule has 0 saturated carbocycles. The highest BCUT2D eigenvalue weighted by atomic mass is 32.2. The Hall–Kier alpha value is -1.09. The van der Waals surface area contributed by atoms with Gasteiger partial charge in [-0.1, -0.05) is 0 Å². The third-order valence-electron chi connectivity index (χ3n) is 1.62. The van der Waals surface area contributed by atoms with Crippen LogP contribution in [0.25, 0.3) is 0 Å². The number of alkyl halides is 3. The summed E-state index contributed by atoms with van der Waals surface area (Å²) in [6.07, 6.45) is -4.59. The molecule has 86 valence electrons. The van der Waals surface area contributed by atoms with E-state index in [1.165, 1.54) is 7.05 Å². The molecular weight excluding hydrogens is 235 g/mol. The molecule has 15 heavy (non-hydrogen) atoms. The van der Waals surface area contributed by atoms with Gasteiger partial charge < -0.3 is 0 Å². The first kappa shape index (κ1) is 12.0. The topological polar surface area (TPSA) is 78.0 Å². The quantitative estimate of drug-likeness (QED) is 0.807. The van der Waals surface area contributed by atoms with Crippen LogP contribution in [-0.2, 0) is 29.0 Å². The normalized spacial score (nSPS) is 13.1. The van der Waals surface area contributed by atoms with Crippen molar-refractivity contribution < 1.29 is 21.6 Å². The van der Waals surface area contributed by atoms with E-state index in [4.69, 9.17) is 5.14 Å². The van der Waals surface area contributed by atoms with Crippen molar-refractivity contribution in [1.29, 1.82) is 0 Å². The zero-order chi connectivity index (χ0) is 11.9. The fourth-order valence-electron chi connectivity index (χ4n) is 0.986. The van der Waals surface area contributed by atoms with Gasteiger partial charge in [0.05, 0.1) is 5.69 Å². The molecule has 1 rings (SSSR count). The Morgan fingerprint density at radius 3 is 2.40 bits per heavy atom. The lowest BCUT2D eigenvalue weighted by atomic mass is 10.4. The van der Waals surface area contributed by atoms with Gasteiger partial charge in [-0.2, -0.15) is 18.3 Å². The van der Waals surface area contributed by atoms with Crippen molar-refractivity contribution in [3.05, 3.63) is 17.5 Å². The maximum Gasteiger partial charge on any atom is 0.435 e. The van der Waals surface area contributed by atoms with Crippen LogP contribution < -0.4 is 5.14 Å². The zero-order valence-corrected chi connectivity index (χ0v) is 8.43. The van der Waals surface area contributed by atoms with Crippen LogP contribution in [0.5, 0.6) is 0 Å². The van der Waals surface area contributed by atoms with Crippen LogP contribution in [0.1, 0.15) is 11.4 Å². The molecule has 0 radical (unpaired) electrons. The fraction of sp³-hybridized carbons (Fsp3) is 0.500. The highest BCUT2D eigenvalue weighted by Crippen LogP contribution is 2.28. The largest absolute Gasteiger partial charge is 0.435 e. The maximum atomic E-state index is 12.2. The van der Waals surface area contributed by atoms with Gasteiger partial charge in [-0.15, -0.1) is 0 Å². The number of primary sulfonamides is 1. The second-order valence-electron chi connectivity index (χ2n) is 2.95. The first-order valence-electron chi connectivity index (χ1n) is 3.70. The first-order chi connectivity index (χ1) is 6.59. The predicted octanol–water partition coefficient (Wildman–Crippen LogP) is 0.227. The van der Waals surface area contributed by atoms with E-state index in [1.54, 1.807) is 0 Å². The number of sulfonamides is 1. The molecule has 0 aromatic carbocycles. The van der Waals surface area contributed by atoms with Crippen molar-refractivity contribution in [2.75, 3.05) is 0 Å². The summed E-state index contributed by atoms with van der Waals surface area (Å²) in [6, 6.07) is 0.657. The molecule has 0 spiro atoms. The summed E-state index contributed by atoms with van der Waals surface area (Å²) in [6.45, 7) is 0. The number of rotatable bonds is 2. The van der Waals surface area contributed by atoms with E-state index in [-0.39, 0.29) is 5.69 Å². The van der Waals surface area contributed by atoms with Crippen LogP contribution in [0, 0.1) is 0 Å². The Balaban J connectivity index is 3.08. The summed E-state index contributed by atoms with van der Waals surface area (Å²) < 4.78 is 58.6. The Kier molecular flexibility index (Phi) is 2.79. The van der Waals surface area contributed by atoms with E-state index in [0.29, 0.717) is 6.07 Å². The number of aromatic nitrogens is 2. The van der Waals surface area contributed by atoms with Crippen LogP contribution in [-0.4, -0.2) is 18.2 Å². The van der Waals surface area contributed by atoms with Gasteiger partial charge in [0.15, 0.2) is 5.69 Å². The molecule has 0 saturated heterocycles. The van der Waals surface area contributed by atoms with E-state index in [0.717, 1.165) is 4.68 Å². The summed E-state index contributed by atoms with van der Waals surface area (Å²) in [4.78, 5) is 0. The molecule has 0 aliphatic heterocycles. The molecule has 1 aromatic heterocycles. The van der Waals surface area contributed by atoms with Gasteiger partial charge in [0.1, 0.15) is 5.75 Å². The van der Waals surface area contributed by atoms with Crippen LogP contribution in [0.4, 0.5) is 13.2 Å². The van der Waals surface area contributed by atoms with Crippen LogP contribution in [0.3, 0.4) is 0 Å². The van der Waals surface area contributed by atoms with E-state index < -0.39 is 27.6 Å². The van der Waals surface area contributed by atoms with Gasteiger partial charge in [-0.25, -0.2) is 13.6 Å². The summed E-state index contributed by atoms with van der Waals surface area (Å²) in [5, 5.41) is 7.84. The van der Waals surface area contributed by atoms with Crippen molar-refractivity contribution in [3.63, 3.8) is 0 Å². The number of aryl methyl sites for hydroxylation is 1. The molecule has 2 N–H and O–H groups in total. The van der Waals surface area contributed by atoms with E-state index >= 15 is 0 Å². The number of nitrogens with zero attached hydrogens (tertiary/aromatic N) is 2. The molecule has 5 nitrogen and oxygen atoms in total. The van der Waals surface area contributed by atoms with Gasteiger partial charge in [0, 0.05) is 7.05 Å². The lowest BCUT2D eigenvalue weighted by molar-refractivity contribution is -0.141. The average Bonchev–Trinajstić information content (AvgIpc) is 2.27. The minimum atomic E-state index is -4.59. The van der Waals surface area contributed by atoms with Crippen molar-refractivity contribution in [3.8, 4) is 0 Å². The van der Waals surface area contributed by atoms with E-state index in [1.807, 2.05) is 0 Å². The molecule has 9 heteroatoms. The Bertz CT molecular complexity index is 462. The molecule has 0 unspecified atom stereocenters. The van der Waals surface area contributed by atoms with Crippen LogP contribution in [0.2, 0.25) is 0 Å². The maximum absolute atomic E-state index is 12.2. The fourth-order valence-corrected chi connectivity index (χ4v) is 1.67. The third-order valence-corrected chi connectivity index (χ3v) is 2.31. The standard InChI is InChI=1S/C6H8F3N3O2S/c1-12-4(3-15(10,13)14)2-5(11-12)6(7,8)9/h2H,3H2,1H3,(H2,10,13,14). The Labute approximate surface area is 83.7 Å². The monoisotopic (exact) mass is 243 g/mol. The van der Waals surface area contributed by atoms with Crippen molar-refractivity contribution in [2.45, 2.75) is 11.9 Å². The van der Waals surface area contributed by atoms with Crippen molar-refractivity contribution in [2.24, 2.45) is 12.2 Å². The molecule has 0 bridgehead atoms.